The SMILES string of the molecule is COc1ccc(C2(N)CCCCC2)c(OC(C)C)c1OC. The maximum atomic E-state index is 6.70. The molecule has 0 aliphatic heterocycles. The minimum absolute atomic E-state index is 0.0527. The van der Waals surface area contributed by atoms with Gasteiger partial charge in [0.1, 0.15) is 0 Å². The van der Waals surface area contributed by atoms with Crippen molar-refractivity contribution in [3.05, 3.63) is 17.7 Å². The van der Waals surface area contributed by atoms with Crippen LogP contribution >= 0.6 is 0 Å². The third-order valence-electron chi connectivity index (χ3n) is 4.14. The van der Waals surface area contributed by atoms with Gasteiger partial charge in [-0.05, 0) is 38.8 Å². The second kappa shape index (κ2) is 6.56. The molecule has 0 heterocycles. The quantitative estimate of drug-likeness (QED) is 0.901. The van der Waals surface area contributed by atoms with Crippen molar-refractivity contribution < 1.29 is 14.2 Å². The summed E-state index contributed by atoms with van der Waals surface area (Å²) in [6.07, 6.45) is 5.59. The Hall–Kier alpha value is -1.42. The molecule has 0 bridgehead atoms. The summed E-state index contributed by atoms with van der Waals surface area (Å²) in [6.45, 7) is 4.01. The summed E-state index contributed by atoms with van der Waals surface area (Å²) < 4.78 is 17.0. The van der Waals surface area contributed by atoms with E-state index in [-0.39, 0.29) is 11.6 Å². The van der Waals surface area contributed by atoms with Crippen molar-refractivity contribution in [3.63, 3.8) is 0 Å². The lowest BCUT2D eigenvalue weighted by atomic mass is 9.77. The lowest BCUT2D eigenvalue weighted by Crippen LogP contribution is -2.39. The maximum Gasteiger partial charge on any atom is 0.203 e. The number of ether oxygens (including phenoxy) is 3. The largest absolute Gasteiger partial charge is 0.493 e. The van der Waals surface area contributed by atoms with Gasteiger partial charge in [0.2, 0.25) is 5.75 Å². The molecule has 1 aliphatic rings. The van der Waals surface area contributed by atoms with Crippen LogP contribution in [-0.2, 0) is 5.54 Å². The number of methoxy groups -OCH3 is 2. The van der Waals surface area contributed by atoms with Gasteiger partial charge in [-0.25, -0.2) is 0 Å². The molecule has 1 fully saturated rings. The highest BCUT2D eigenvalue weighted by Crippen LogP contribution is 2.47. The van der Waals surface area contributed by atoms with Crippen molar-refractivity contribution in [3.8, 4) is 17.2 Å². The van der Waals surface area contributed by atoms with E-state index in [4.69, 9.17) is 19.9 Å². The molecule has 1 aromatic carbocycles. The second-order valence-corrected chi connectivity index (χ2v) is 6.06. The number of hydrogen-bond acceptors (Lipinski definition) is 4. The number of hydrogen-bond donors (Lipinski definition) is 1. The van der Waals surface area contributed by atoms with E-state index in [1.807, 2.05) is 26.0 Å². The molecule has 1 aromatic rings. The Morgan fingerprint density at radius 2 is 1.67 bits per heavy atom. The van der Waals surface area contributed by atoms with Crippen LogP contribution in [0.15, 0.2) is 12.1 Å². The van der Waals surface area contributed by atoms with Crippen LogP contribution < -0.4 is 19.9 Å². The van der Waals surface area contributed by atoms with Crippen LogP contribution in [0.3, 0.4) is 0 Å². The Bertz CT molecular complexity index is 479. The van der Waals surface area contributed by atoms with Crippen molar-refractivity contribution in [1.82, 2.24) is 0 Å². The minimum atomic E-state index is -0.331. The first-order valence-electron chi connectivity index (χ1n) is 7.73. The van der Waals surface area contributed by atoms with E-state index in [9.17, 15) is 0 Å². The Morgan fingerprint density at radius 3 is 2.19 bits per heavy atom. The highest BCUT2D eigenvalue weighted by atomic mass is 16.5. The Labute approximate surface area is 127 Å². The molecule has 0 spiro atoms. The molecule has 4 heteroatoms. The van der Waals surface area contributed by atoms with Crippen molar-refractivity contribution in [2.24, 2.45) is 5.73 Å². The van der Waals surface area contributed by atoms with Crippen molar-refractivity contribution in [2.45, 2.75) is 57.6 Å². The molecule has 0 atom stereocenters. The van der Waals surface area contributed by atoms with Gasteiger partial charge < -0.3 is 19.9 Å². The maximum absolute atomic E-state index is 6.70. The third kappa shape index (κ3) is 3.26. The molecule has 1 aliphatic carbocycles. The van der Waals surface area contributed by atoms with E-state index in [1.54, 1.807) is 14.2 Å². The van der Waals surface area contributed by atoms with Gasteiger partial charge in [0, 0.05) is 11.1 Å². The van der Waals surface area contributed by atoms with E-state index >= 15 is 0 Å². The molecule has 0 amide bonds. The van der Waals surface area contributed by atoms with Gasteiger partial charge in [-0.3, -0.25) is 0 Å². The van der Waals surface area contributed by atoms with Crippen LogP contribution in [0.5, 0.6) is 17.2 Å². The minimum Gasteiger partial charge on any atom is -0.493 e. The first-order chi connectivity index (χ1) is 10.0. The van der Waals surface area contributed by atoms with Gasteiger partial charge in [0.25, 0.3) is 0 Å². The van der Waals surface area contributed by atoms with Gasteiger partial charge in [0.05, 0.1) is 20.3 Å². The lowest BCUT2D eigenvalue weighted by Gasteiger charge is -2.36. The van der Waals surface area contributed by atoms with Crippen LogP contribution in [0.25, 0.3) is 0 Å². The van der Waals surface area contributed by atoms with Crippen molar-refractivity contribution in [2.75, 3.05) is 14.2 Å². The Kier molecular flexibility index (Phi) is 4.99. The predicted molar refractivity (Wildman–Crippen MR) is 84.3 cm³/mol. The predicted octanol–water partition coefficient (Wildman–Crippen LogP) is 3.61. The topological polar surface area (TPSA) is 53.7 Å². The standard InChI is InChI=1S/C17H27NO3/c1-12(2)21-15-13(17(18)10-6-5-7-11-17)8-9-14(19-3)16(15)20-4/h8-9,12H,5-7,10-11,18H2,1-4H3. The molecule has 0 aromatic heterocycles. The van der Waals surface area contributed by atoms with Gasteiger partial charge >= 0.3 is 0 Å². The zero-order chi connectivity index (χ0) is 15.5. The zero-order valence-electron chi connectivity index (χ0n) is 13.6. The normalized spacial score (nSPS) is 17.6. The Morgan fingerprint density at radius 1 is 1.00 bits per heavy atom. The average Bonchev–Trinajstić information content (AvgIpc) is 2.46. The molecule has 1 saturated carbocycles. The number of nitrogens with two attached hydrogens (primary N) is 1. The fraction of sp³-hybridized carbons (Fsp3) is 0.647. The lowest BCUT2D eigenvalue weighted by molar-refractivity contribution is 0.211. The highest BCUT2D eigenvalue weighted by molar-refractivity contribution is 5.58. The summed E-state index contributed by atoms with van der Waals surface area (Å²) in [5.74, 6) is 2.05. The van der Waals surface area contributed by atoms with Crippen LogP contribution in [0.4, 0.5) is 0 Å². The van der Waals surface area contributed by atoms with Gasteiger partial charge in [-0.15, -0.1) is 0 Å². The molecule has 21 heavy (non-hydrogen) atoms. The first kappa shape index (κ1) is 16.0. The van der Waals surface area contributed by atoms with Crippen LogP contribution in [0, 0.1) is 0 Å². The first-order valence-corrected chi connectivity index (χ1v) is 7.73. The zero-order valence-corrected chi connectivity index (χ0v) is 13.6. The Balaban J connectivity index is 2.53. The molecule has 4 nitrogen and oxygen atoms in total. The summed E-state index contributed by atoms with van der Waals surface area (Å²) in [7, 11) is 3.27. The fourth-order valence-corrected chi connectivity index (χ4v) is 3.10. The molecule has 2 N–H and O–H groups in total. The number of rotatable bonds is 5. The van der Waals surface area contributed by atoms with Crippen molar-refractivity contribution in [1.29, 1.82) is 0 Å². The molecule has 0 radical (unpaired) electrons. The summed E-state index contributed by atoms with van der Waals surface area (Å²) in [4.78, 5) is 0. The van der Waals surface area contributed by atoms with Gasteiger partial charge in [-0.2, -0.15) is 0 Å². The average molecular weight is 293 g/mol. The molecule has 0 saturated heterocycles. The molecule has 2 rings (SSSR count). The van der Waals surface area contributed by atoms with Crippen LogP contribution in [-0.4, -0.2) is 20.3 Å². The van der Waals surface area contributed by atoms with E-state index < -0.39 is 0 Å². The smallest absolute Gasteiger partial charge is 0.203 e. The summed E-state index contributed by atoms with van der Waals surface area (Å²) in [5, 5.41) is 0. The molecule has 118 valence electrons. The van der Waals surface area contributed by atoms with Crippen LogP contribution in [0.1, 0.15) is 51.5 Å². The fourth-order valence-electron chi connectivity index (χ4n) is 3.10. The monoisotopic (exact) mass is 293 g/mol. The van der Waals surface area contributed by atoms with E-state index in [0.717, 1.165) is 37.0 Å². The molecular formula is C17H27NO3. The highest BCUT2D eigenvalue weighted by Gasteiger charge is 2.34. The van der Waals surface area contributed by atoms with Gasteiger partial charge in [-0.1, -0.05) is 19.3 Å². The molecular weight excluding hydrogens is 266 g/mol. The third-order valence-corrected chi connectivity index (χ3v) is 4.14. The number of benzene rings is 1. The van der Waals surface area contributed by atoms with Crippen LogP contribution in [0.2, 0.25) is 0 Å². The molecule has 0 unspecified atom stereocenters. The summed E-state index contributed by atoms with van der Waals surface area (Å²) in [6, 6.07) is 3.95. The van der Waals surface area contributed by atoms with Crippen molar-refractivity contribution >= 4 is 0 Å². The van der Waals surface area contributed by atoms with E-state index in [0.29, 0.717) is 11.5 Å². The van der Waals surface area contributed by atoms with E-state index in [1.165, 1.54) is 6.42 Å². The summed E-state index contributed by atoms with van der Waals surface area (Å²) in [5.41, 5.74) is 7.40. The summed E-state index contributed by atoms with van der Waals surface area (Å²) >= 11 is 0. The second-order valence-electron chi connectivity index (χ2n) is 6.06. The van der Waals surface area contributed by atoms with Gasteiger partial charge in [0.15, 0.2) is 11.5 Å². The van der Waals surface area contributed by atoms with E-state index in [2.05, 4.69) is 0 Å².